The lowest BCUT2D eigenvalue weighted by molar-refractivity contribution is 0.682. The van der Waals surface area contributed by atoms with Gasteiger partial charge in [0, 0.05) is 11.9 Å². The molecule has 2 heteroatoms. The van der Waals surface area contributed by atoms with Gasteiger partial charge in [0.25, 0.3) is 0 Å². The fourth-order valence-electron chi connectivity index (χ4n) is 2.30. The van der Waals surface area contributed by atoms with E-state index < -0.39 is 0 Å². The molecule has 0 saturated heterocycles. The zero-order valence-electron chi connectivity index (χ0n) is 11.3. The second-order valence-electron chi connectivity index (χ2n) is 4.50. The third kappa shape index (κ3) is 2.59. The summed E-state index contributed by atoms with van der Waals surface area (Å²) in [4.78, 5) is 4.38. The fourth-order valence-corrected chi connectivity index (χ4v) is 2.30. The Hall–Kier alpha value is -1.67. The maximum atomic E-state index is 4.38. The Bertz CT molecular complexity index is 520. The Balaban J connectivity index is 2.42. The van der Waals surface area contributed by atoms with Crippen molar-refractivity contribution in [3.05, 3.63) is 65.0 Å². The summed E-state index contributed by atoms with van der Waals surface area (Å²) in [5.41, 5.74) is 4.99. The van der Waals surface area contributed by atoms with Crippen LogP contribution >= 0.6 is 0 Å². The van der Waals surface area contributed by atoms with Gasteiger partial charge in [-0.05, 0) is 43.1 Å². The number of pyridine rings is 1. The summed E-state index contributed by atoms with van der Waals surface area (Å²) in [6, 6.07) is 13.1. The molecular formula is C16H20N2. The Morgan fingerprint density at radius 1 is 1.22 bits per heavy atom. The number of hydrogen-bond donors (Lipinski definition) is 1. The van der Waals surface area contributed by atoms with Crippen LogP contribution in [-0.4, -0.2) is 12.0 Å². The zero-order chi connectivity index (χ0) is 13.0. The van der Waals surface area contributed by atoms with E-state index in [2.05, 4.69) is 54.5 Å². The van der Waals surface area contributed by atoms with E-state index in [1.807, 2.05) is 19.3 Å². The van der Waals surface area contributed by atoms with Gasteiger partial charge in [0.2, 0.25) is 0 Å². The molecule has 1 N–H and O–H groups in total. The number of aromatic nitrogens is 1. The molecule has 1 unspecified atom stereocenters. The molecule has 0 aliphatic heterocycles. The summed E-state index contributed by atoms with van der Waals surface area (Å²) in [5, 5.41) is 3.39. The normalized spacial score (nSPS) is 12.4. The molecule has 1 aromatic carbocycles. The highest BCUT2D eigenvalue weighted by Crippen LogP contribution is 2.24. The molecule has 1 heterocycles. The maximum absolute atomic E-state index is 4.38. The van der Waals surface area contributed by atoms with Crippen molar-refractivity contribution in [2.24, 2.45) is 0 Å². The monoisotopic (exact) mass is 240 g/mol. The van der Waals surface area contributed by atoms with Crippen molar-refractivity contribution in [1.82, 2.24) is 10.3 Å². The lowest BCUT2D eigenvalue weighted by Gasteiger charge is -2.19. The Morgan fingerprint density at radius 3 is 2.72 bits per heavy atom. The molecule has 1 aromatic heterocycles. The number of nitrogens with zero attached hydrogens (tertiary/aromatic N) is 1. The fraction of sp³-hybridized carbons (Fsp3) is 0.312. The average molecular weight is 240 g/mol. The molecule has 0 radical (unpaired) electrons. The largest absolute Gasteiger partial charge is 0.309 e. The minimum Gasteiger partial charge on any atom is -0.309 e. The summed E-state index contributed by atoms with van der Waals surface area (Å²) in [6.45, 7) is 4.24. The van der Waals surface area contributed by atoms with E-state index in [4.69, 9.17) is 0 Å². The van der Waals surface area contributed by atoms with Crippen LogP contribution in [0.3, 0.4) is 0 Å². The van der Waals surface area contributed by atoms with E-state index in [1.165, 1.54) is 16.7 Å². The maximum Gasteiger partial charge on any atom is 0.0592 e. The van der Waals surface area contributed by atoms with E-state index in [-0.39, 0.29) is 6.04 Å². The summed E-state index contributed by atoms with van der Waals surface area (Å²) >= 11 is 0. The third-order valence-electron chi connectivity index (χ3n) is 3.34. The molecule has 94 valence electrons. The van der Waals surface area contributed by atoms with Gasteiger partial charge in [-0.3, -0.25) is 4.98 Å². The van der Waals surface area contributed by atoms with Gasteiger partial charge >= 0.3 is 0 Å². The standard InChI is InChI=1S/C16H20N2/c1-4-13-7-5-8-14(11-13)16(17-3)15-9-6-10-18-12(15)2/h5-11,16-17H,4H2,1-3H3. The number of nitrogens with one attached hydrogen (secondary N) is 1. The van der Waals surface area contributed by atoms with Gasteiger partial charge in [-0.2, -0.15) is 0 Å². The van der Waals surface area contributed by atoms with E-state index in [9.17, 15) is 0 Å². The molecule has 18 heavy (non-hydrogen) atoms. The van der Waals surface area contributed by atoms with E-state index in [1.54, 1.807) is 0 Å². The Kier molecular flexibility index (Phi) is 4.11. The second-order valence-corrected chi connectivity index (χ2v) is 4.50. The van der Waals surface area contributed by atoms with Crippen LogP contribution in [0, 0.1) is 6.92 Å². The molecule has 0 spiro atoms. The highest BCUT2D eigenvalue weighted by Gasteiger charge is 2.14. The van der Waals surface area contributed by atoms with E-state index in [0.717, 1.165) is 12.1 Å². The van der Waals surface area contributed by atoms with Crippen LogP contribution < -0.4 is 5.32 Å². The number of rotatable bonds is 4. The number of aryl methyl sites for hydroxylation is 2. The predicted octanol–water partition coefficient (Wildman–Crippen LogP) is 3.26. The average Bonchev–Trinajstić information content (AvgIpc) is 2.42. The molecule has 0 amide bonds. The van der Waals surface area contributed by atoms with Crippen LogP contribution in [0.15, 0.2) is 42.6 Å². The van der Waals surface area contributed by atoms with Crippen LogP contribution in [0.2, 0.25) is 0 Å². The second kappa shape index (κ2) is 5.78. The van der Waals surface area contributed by atoms with Crippen LogP contribution in [-0.2, 0) is 6.42 Å². The number of hydrogen-bond acceptors (Lipinski definition) is 2. The van der Waals surface area contributed by atoms with Crippen molar-refractivity contribution in [1.29, 1.82) is 0 Å². The SMILES string of the molecule is CCc1cccc(C(NC)c2cccnc2C)c1. The van der Waals surface area contributed by atoms with Gasteiger partial charge in [-0.1, -0.05) is 37.3 Å². The lowest BCUT2D eigenvalue weighted by Crippen LogP contribution is -2.19. The van der Waals surface area contributed by atoms with E-state index >= 15 is 0 Å². The predicted molar refractivity (Wildman–Crippen MR) is 75.7 cm³/mol. The van der Waals surface area contributed by atoms with Gasteiger partial charge in [0.1, 0.15) is 0 Å². The Morgan fingerprint density at radius 2 is 2.06 bits per heavy atom. The van der Waals surface area contributed by atoms with Crippen molar-refractivity contribution in [3.63, 3.8) is 0 Å². The van der Waals surface area contributed by atoms with Crippen molar-refractivity contribution in [3.8, 4) is 0 Å². The first-order valence-corrected chi connectivity index (χ1v) is 6.44. The van der Waals surface area contributed by atoms with Crippen LogP contribution in [0.1, 0.15) is 35.3 Å². The summed E-state index contributed by atoms with van der Waals surface area (Å²) in [5.74, 6) is 0. The van der Waals surface area contributed by atoms with Gasteiger partial charge in [-0.15, -0.1) is 0 Å². The first kappa shape index (κ1) is 12.8. The molecule has 2 nitrogen and oxygen atoms in total. The molecule has 0 aliphatic carbocycles. The third-order valence-corrected chi connectivity index (χ3v) is 3.34. The molecule has 0 aliphatic rings. The van der Waals surface area contributed by atoms with Crippen LogP contribution in [0.25, 0.3) is 0 Å². The quantitative estimate of drug-likeness (QED) is 0.887. The van der Waals surface area contributed by atoms with Crippen molar-refractivity contribution in [2.75, 3.05) is 7.05 Å². The molecule has 2 aromatic rings. The summed E-state index contributed by atoms with van der Waals surface area (Å²) < 4.78 is 0. The van der Waals surface area contributed by atoms with Gasteiger partial charge in [0.05, 0.1) is 6.04 Å². The smallest absolute Gasteiger partial charge is 0.0592 e. The van der Waals surface area contributed by atoms with Gasteiger partial charge < -0.3 is 5.32 Å². The van der Waals surface area contributed by atoms with Crippen molar-refractivity contribution in [2.45, 2.75) is 26.3 Å². The van der Waals surface area contributed by atoms with Crippen molar-refractivity contribution < 1.29 is 0 Å². The van der Waals surface area contributed by atoms with E-state index in [0.29, 0.717) is 0 Å². The summed E-state index contributed by atoms with van der Waals surface area (Å²) in [7, 11) is 2.00. The summed E-state index contributed by atoms with van der Waals surface area (Å²) in [6.07, 6.45) is 2.91. The van der Waals surface area contributed by atoms with Gasteiger partial charge in [0.15, 0.2) is 0 Å². The van der Waals surface area contributed by atoms with Crippen LogP contribution in [0.5, 0.6) is 0 Å². The lowest BCUT2D eigenvalue weighted by atomic mass is 9.96. The van der Waals surface area contributed by atoms with Gasteiger partial charge in [-0.25, -0.2) is 0 Å². The molecular weight excluding hydrogens is 220 g/mol. The molecule has 2 rings (SSSR count). The zero-order valence-corrected chi connectivity index (χ0v) is 11.3. The highest BCUT2D eigenvalue weighted by atomic mass is 14.9. The minimum absolute atomic E-state index is 0.213. The number of benzene rings is 1. The topological polar surface area (TPSA) is 24.9 Å². The van der Waals surface area contributed by atoms with Crippen molar-refractivity contribution >= 4 is 0 Å². The molecule has 0 fully saturated rings. The molecule has 1 atom stereocenters. The Labute approximate surface area is 109 Å². The van der Waals surface area contributed by atoms with Crippen LogP contribution in [0.4, 0.5) is 0 Å². The minimum atomic E-state index is 0.213. The first-order chi connectivity index (χ1) is 8.76. The highest BCUT2D eigenvalue weighted by molar-refractivity contribution is 5.35. The first-order valence-electron chi connectivity index (χ1n) is 6.44. The molecule has 0 bridgehead atoms. The molecule has 0 saturated carbocycles.